The molecule has 1 heterocycles. The van der Waals surface area contributed by atoms with Crippen molar-refractivity contribution in [1.82, 2.24) is 4.90 Å². The number of fused-ring (bicyclic) bond motifs is 1. The molecule has 39 heavy (non-hydrogen) atoms. The van der Waals surface area contributed by atoms with Crippen LogP contribution in [0.1, 0.15) is 61.8 Å². The number of ether oxygens (including phenoxy) is 1. The van der Waals surface area contributed by atoms with Crippen LogP contribution in [0.5, 0.6) is 0 Å². The Morgan fingerprint density at radius 1 is 0.974 bits per heavy atom. The third-order valence-corrected chi connectivity index (χ3v) is 5.96. The molecule has 0 aromatic heterocycles. The standard InChI is InChI=1S/C24H21F9N2O4/c1-3-16-10-19(17-9-13(22(25,26)27)4-5-18(17)35(16)20(36)37)34(21(38)39-2)11-12-6-14(23(28,29)30)8-15(7-12)24(31,32)33/h4-9,16,19H,3,10-11H2,1-2H3,(H,36,37)/p-1/i1D3,2D3. The van der Waals surface area contributed by atoms with Crippen LogP contribution in [-0.4, -0.2) is 30.2 Å². The van der Waals surface area contributed by atoms with E-state index in [-0.39, 0.29) is 28.0 Å². The molecule has 2 atom stereocenters. The van der Waals surface area contributed by atoms with E-state index in [4.69, 9.17) is 8.22 Å². The van der Waals surface area contributed by atoms with E-state index in [1.807, 2.05) is 0 Å². The van der Waals surface area contributed by atoms with Gasteiger partial charge in [0.15, 0.2) is 0 Å². The molecule has 0 fully saturated rings. The van der Waals surface area contributed by atoms with Crippen LogP contribution in [0.25, 0.3) is 0 Å². The molecule has 15 heteroatoms. The lowest BCUT2D eigenvalue weighted by Crippen LogP contribution is -2.52. The van der Waals surface area contributed by atoms with Crippen LogP contribution < -0.4 is 10.0 Å². The van der Waals surface area contributed by atoms with E-state index in [0.29, 0.717) is 18.2 Å². The van der Waals surface area contributed by atoms with Gasteiger partial charge in [-0.25, -0.2) is 4.79 Å². The number of nitrogens with zero attached hydrogens (tertiary/aromatic N) is 2. The van der Waals surface area contributed by atoms with E-state index in [9.17, 15) is 54.2 Å². The molecule has 0 radical (unpaired) electrons. The van der Waals surface area contributed by atoms with Crippen molar-refractivity contribution in [2.45, 2.75) is 56.9 Å². The van der Waals surface area contributed by atoms with Crippen LogP contribution in [0.2, 0.25) is 0 Å². The van der Waals surface area contributed by atoms with Crippen molar-refractivity contribution in [2.24, 2.45) is 0 Å². The van der Waals surface area contributed by atoms with Crippen LogP contribution in [0.4, 0.5) is 54.8 Å². The summed E-state index contributed by atoms with van der Waals surface area (Å²) in [5, 5.41) is 12.1. The number of hydrogen-bond acceptors (Lipinski definition) is 4. The van der Waals surface area contributed by atoms with Crippen molar-refractivity contribution >= 4 is 17.9 Å². The van der Waals surface area contributed by atoms with Crippen molar-refractivity contribution in [2.75, 3.05) is 11.9 Å². The van der Waals surface area contributed by atoms with E-state index >= 15 is 0 Å². The fourth-order valence-electron chi connectivity index (χ4n) is 4.29. The maximum atomic E-state index is 13.7. The lowest BCUT2D eigenvalue weighted by atomic mass is 9.87. The zero-order valence-corrected chi connectivity index (χ0v) is 19.2. The number of amides is 2. The van der Waals surface area contributed by atoms with Crippen LogP contribution >= 0.6 is 0 Å². The van der Waals surface area contributed by atoms with E-state index in [1.54, 1.807) is 0 Å². The summed E-state index contributed by atoms with van der Waals surface area (Å²) in [6.07, 6.45) is -21.8. The summed E-state index contributed by atoms with van der Waals surface area (Å²) in [7, 11) is -3.58. The molecule has 2 aromatic carbocycles. The first-order valence-electron chi connectivity index (χ1n) is 13.7. The number of anilines is 1. The second kappa shape index (κ2) is 10.5. The zero-order chi connectivity index (χ0) is 34.5. The lowest BCUT2D eigenvalue weighted by Gasteiger charge is -2.45. The Labute approximate surface area is 224 Å². The number of hydrogen-bond donors (Lipinski definition) is 0. The number of alkyl halides is 9. The fraction of sp³-hybridized carbons (Fsp3) is 0.417. The van der Waals surface area contributed by atoms with Crippen LogP contribution in [0, 0.1) is 0 Å². The summed E-state index contributed by atoms with van der Waals surface area (Å²) in [5.74, 6) is 0. The second-order valence-electron chi connectivity index (χ2n) is 8.43. The van der Waals surface area contributed by atoms with Gasteiger partial charge in [-0.2, -0.15) is 39.5 Å². The van der Waals surface area contributed by atoms with Gasteiger partial charge < -0.3 is 19.5 Å². The minimum Gasteiger partial charge on any atom is -0.530 e. The van der Waals surface area contributed by atoms with Crippen molar-refractivity contribution in [1.29, 1.82) is 0 Å². The molecule has 0 saturated heterocycles. The molecule has 0 saturated carbocycles. The summed E-state index contributed by atoms with van der Waals surface area (Å²) in [6, 6.07) is -2.27. The summed E-state index contributed by atoms with van der Waals surface area (Å²) in [4.78, 5) is 25.7. The molecule has 3 rings (SSSR count). The predicted molar refractivity (Wildman–Crippen MR) is 115 cm³/mol. The Morgan fingerprint density at radius 3 is 2.05 bits per heavy atom. The molecule has 214 valence electrons. The number of carbonyl (C=O) groups is 2. The van der Waals surface area contributed by atoms with Gasteiger partial charge in [0, 0.05) is 22.4 Å². The number of carbonyl (C=O) groups excluding carboxylic acids is 2. The molecule has 0 spiro atoms. The molecular formula is C24H20F9N2O4-. The molecule has 0 N–H and O–H groups in total. The number of carboxylic acid groups (broad SMARTS) is 1. The molecule has 6 nitrogen and oxygen atoms in total. The zero-order valence-electron chi connectivity index (χ0n) is 25.2. The average molecular weight is 577 g/mol. The highest BCUT2D eigenvalue weighted by Crippen LogP contribution is 2.45. The Balaban J connectivity index is 2.32. The van der Waals surface area contributed by atoms with Crippen molar-refractivity contribution in [3.8, 4) is 0 Å². The molecule has 2 amide bonds. The van der Waals surface area contributed by atoms with Gasteiger partial charge in [-0.3, -0.25) is 4.90 Å². The summed E-state index contributed by atoms with van der Waals surface area (Å²) in [6.45, 7) is -4.26. The third kappa shape index (κ3) is 6.33. The Hall–Kier alpha value is -3.65. The minimum atomic E-state index is -5.36. The van der Waals surface area contributed by atoms with Gasteiger partial charge in [0.25, 0.3) is 0 Å². The third-order valence-electron chi connectivity index (χ3n) is 5.96. The maximum absolute atomic E-state index is 13.7. The van der Waals surface area contributed by atoms with Crippen LogP contribution in [0.15, 0.2) is 36.4 Å². The molecule has 0 bridgehead atoms. The molecule has 1 aliphatic heterocycles. The van der Waals surface area contributed by atoms with Gasteiger partial charge in [-0.05, 0) is 60.4 Å². The summed E-state index contributed by atoms with van der Waals surface area (Å²) < 4.78 is 171. The number of rotatable bonds is 4. The average Bonchev–Trinajstić information content (AvgIpc) is 2.82. The SMILES string of the molecule is [2H]C([2H])([2H])CC1CC(N(Cc2cc(C(F)(F)F)cc(C(F)(F)F)c2)C(=O)OC([2H])([2H])[2H])c2cc(C(F)(F)F)ccc2N1C(=O)[O-]. The highest BCUT2D eigenvalue weighted by molar-refractivity contribution is 5.88. The number of methoxy groups -OCH3 is 1. The highest BCUT2D eigenvalue weighted by Gasteiger charge is 2.41. The van der Waals surface area contributed by atoms with E-state index < -0.39 is 110 Å². The smallest absolute Gasteiger partial charge is 0.416 e. The minimum absolute atomic E-state index is 0.175. The van der Waals surface area contributed by atoms with E-state index in [2.05, 4.69) is 4.74 Å². The van der Waals surface area contributed by atoms with Gasteiger partial charge in [-0.15, -0.1) is 0 Å². The first kappa shape index (κ1) is 22.2. The number of halogens is 9. The van der Waals surface area contributed by atoms with Crippen molar-refractivity contribution in [3.63, 3.8) is 0 Å². The first-order chi connectivity index (χ1) is 20.2. The summed E-state index contributed by atoms with van der Waals surface area (Å²) >= 11 is 0. The molecule has 2 unspecified atom stereocenters. The van der Waals surface area contributed by atoms with Gasteiger partial charge in [0.2, 0.25) is 0 Å². The van der Waals surface area contributed by atoms with Gasteiger partial charge >= 0.3 is 24.6 Å². The molecule has 1 aliphatic rings. The molecular weight excluding hydrogens is 551 g/mol. The Bertz CT molecular complexity index is 1410. The largest absolute Gasteiger partial charge is 0.530 e. The second-order valence-corrected chi connectivity index (χ2v) is 8.43. The van der Waals surface area contributed by atoms with Crippen molar-refractivity contribution < 1.29 is 67.2 Å². The molecule has 2 aromatic rings. The van der Waals surface area contributed by atoms with E-state index in [1.165, 1.54) is 0 Å². The Kier molecular flexibility index (Phi) is 5.97. The van der Waals surface area contributed by atoms with Crippen LogP contribution in [-0.2, 0) is 29.8 Å². The number of benzene rings is 2. The monoisotopic (exact) mass is 577 g/mol. The van der Waals surface area contributed by atoms with Gasteiger partial charge in [0.1, 0.15) is 6.09 Å². The normalized spacial score (nSPS) is 20.9. The van der Waals surface area contributed by atoms with E-state index in [0.717, 1.165) is 0 Å². The topological polar surface area (TPSA) is 72.9 Å². The molecule has 0 aliphatic carbocycles. The fourth-order valence-corrected chi connectivity index (χ4v) is 4.29. The van der Waals surface area contributed by atoms with Gasteiger partial charge in [-0.1, -0.05) is 6.85 Å². The highest BCUT2D eigenvalue weighted by atomic mass is 19.4. The Morgan fingerprint density at radius 2 is 1.56 bits per heavy atom. The predicted octanol–water partition coefficient (Wildman–Crippen LogP) is 6.38. The van der Waals surface area contributed by atoms with Crippen molar-refractivity contribution in [3.05, 3.63) is 64.2 Å². The van der Waals surface area contributed by atoms with Gasteiger partial charge in [0.05, 0.1) is 33.9 Å². The quantitative estimate of drug-likeness (QED) is 0.395. The first-order valence-corrected chi connectivity index (χ1v) is 10.7. The summed E-state index contributed by atoms with van der Waals surface area (Å²) in [5.41, 5.74) is -7.45. The maximum Gasteiger partial charge on any atom is 0.416 e. The lowest BCUT2D eigenvalue weighted by molar-refractivity contribution is -0.247. The van der Waals surface area contributed by atoms with Crippen LogP contribution in [0.3, 0.4) is 0 Å².